The van der Waals surface area contributed by atoms with Crippen LogP contribution in [0.2, 0.25) is 0 Å². The van der Waals surface area contributed by atoms with Crippen LogP contribution in [0, 0.1) is 0 Å². The third kappa shape index (κ3) is 3.65. The topological polar surface area (TPSA) is 21.6 Å². The fourth-order valence-electron chi connectivity index (χ4n) is 0.239. The van der Waals surface area contributed by atoms with Gasteiger partial charge in [0.05, 0.1) is 5.71 Å². The summed E-state index contributed by atoms with van der Waals surface area (Å²) in [7, 11) is 0. The molecule has 0 atom stereocenters. The first-order valence-electron chi connectivity index (χ1n) is 2.96. The van der Waals surface area contributed by atoms with Crippen LogP contribution in [0.15, 0.2) is 5.16 Å². The average Bonchev–Trinajstić information content (AvgIpc) is 1.83. The highest BCUT2D eigenvalue weighted by Gasteiger charge is 1.81. The maximum absolute atomic E-state index is 4.77. The molecule has 0 aromatic heterocycles. The fraction of sp³-hybridized carbons (Fsp3) is 0.833. The van der Waals surface area contributed by atoms with Crippen molar-refractivity contribution in [2.75, 3.05) is 6.61 Å². The van der Waals surface area contributed by atoms with Crippen LogP contribution in [0.5, 0.6) is 0 Å². The van der Waals surface area contributed by atoms with Gasteiger partial charge in [0.2, 0.25) is 0 Å². The van der Waals surface area contributed by atoms with Crippen LogP contribution < -0.4 is 0 Å². The van der Waals surface area contributed by atoms with Gasteiger partial charge in [-0.25, -0.2) is 0 Å². The largest absolute Gasteiger partial charge is 0.396 e. The van der Waals surface area contributed by atoms with E-state index < -0.39 is 0 Å². The minimum Gasteiger partial charge on any atom is -0.396 e. The second kappa shape index (κ2) is 4.62. The van der Waals surface area contributed by atoms with Crippen molar-refractivity contribution in [3.05, 3.63) is 0 Å². The molecular weight excluding hydrogens is 102 g/mol. The van der Waals surface area contributed by atoms with Gasteiger partial charge in [0.1, 0.15) is 6.61 Å². The van der Waals surface area contributed by atoms with Crippen molar-refractivity contribution in [3.63, 3.8) is 0 Å². The van der Waals surface area contributed by atoms with Crippen molar-refractivity contribution >= 4 is 5.71 Å². The van der Waals surface area contributed by atoms with Gasteiger partial charge in [-0.2, -0.15) is 0 Å². The molecule has 0 bridgehead atoms. The van der Waals surface area contributed by atoms with E-state index in [-0.39, 0.29) is 0 Å². The molecule has 2 heteroatoms. The highest BCUT2D eigenvalue weighted by Crippen LogP contribution is 1.84. The fourth-order valence-corrected chi connectivity index (χ4v) is 0.239. The quantitative estimate of drug-likeness (QED) is 0.406. The molecule has 0 aromatic carbocycles. The molecule has 0 aromatic rings. The van der Waals surface area contributed by atoms with Crippen LogP contribution in [0.1, 0.15) is 27.2 Å². The van der Waals surface area contributed by atoms with E-state index in [1.54, 1.807) is 0 Å². The third-order valence-corrected chi connectivity index (χ3v) is 0.861. The number of hydrogen-bond acceptors (Lipinski definition) is 2. The molecule has 0 heterocycles. The van der Waals surface area contributed by atoms with E-state index in [4.69, 9.17) is 4.84 Å². The predicted molar refractivity (Wildman–Crippen MR) is 35.0 cm³/mol. The summed E-state index contributed by atoms with van der Waals surface area (Å²) >= 11 is 0. The zero-order valence-electron chi connectivity index (χ0n) is 5.77. The number of hydrogen-bond donors (Lipinski definition) is 0. The van der Waals surface area contributed by atoms with Crippen LogP contribution in [0.4, 0.5) is 0 Å². The van der Waals surface area contributed by atoms with Gasteiger partial charge in [-0.15, -0.1) is 0 Å². The van der Waals surface area contributed by atoms with Gasteiger partial charge in [-0.3, -0.25) is 0 Å². The van der Waals surface area contributed by atoms with Crippen molar-refractivity contribution < 1.29 is 4.84 Å². The van der Waals surface area contributed by atoms with Crippen molar-refractivity contribution in [1.82, 2.24) is 0 Å². The first-order valence-corrected chi connectivity index (χ1v) is 2.96. The Labute approximate surface area is 50.5 Å². The molecule has 8 heavy (non-hydrogen) atoms. The second-order valence-corrected chi connectivity index (χ2v) is 1.60. The van der Waals surface area contributed by atoms with E-state index in [1.165, 1.54) is 0 Å². The molecule has 0 saturated carbocycles. The van der Waals surface area contributed by atoms with Crippen LogP contribution in [0.3, 0.4) is 0 Å². The van der Waals surface area contributed by atoms with E-state index in [1.807, 2.05) is 13.8 Å². The number of rotatable bonds is 3. The highest BCUT2D eigenvalue weighted by molar-refractivity contribution is 5.80. The molecule has 0 N–H and O–H groups in total. The summed E-state index contributed by atoms with van der Waals surface area (Å²) < 4.78 is 0. The Kier molecular flexibility index (Phi) is 4.32. The second-order valence-electron chi connectivity index (χ2n) is 1.60. The molecule has 0 spiro atoms. The summed E-state index contributed by atoms with van der Waals surface area (Å²) in [5, 5.41) is 3.78. The zero-order chi connectivity index (χ0) is 6.41. The Morgan fingerprint density at radius 1 is 1.50 bits per heavy atom. The molecule has 0 radical (unpaired) electrons. The van der Waals surface area contributed by atoms with Gasteiger partial charge in [-0.1, -0.05) is 12.1 Å². The van der Waals surface area contributed by atoms with E-state index in [9.17, 15) is 0 Å². The van der Waals surface area contributed by atoms with E-state index in [2.05, 4.69) is 12.1 Å². The van der Waals surface area contributed by atoms with Crippen molar-refractivity contribution in [2.45, 2.75) is 27.2 Å². The molecule has 48 valence electrons. The monoisotopic (exact) mass is 115 g/mol. The SMILES string of the molecule is CCO/N=C(/C)CC. The lowest BCUT2D eigenvalue weighted by Gasteiger charge is -1.93. The third-order valence-electron chi connectivity index (χ3n) is 0.861. The zero-order valence-corrected chi connectivity index (χ0v) is 5.77. The molecule has 0 rings (SSSR count). The Morgan fingerprint density at radius 2 is 2.12 bits per heavy atom. The summed E-state index contributed by atoms with van der Waals surface area (Å²) in [6.07, 6.45) is 0.972. The highest BCUT2D eigenvalue weighted by atomic mass is 16.6. The van der Waals surface area contributed by atoms with Crippen molar-refractivity contribution in [1.29, 1.82) is 0 Å². The number of nitrogens with zero attached hydrogens (tertiary/aromatic N) is 1. The van der Waals surface area contributed by atoms with Gasteiger partial charge >= 0.3 is 0 Å². The summed E-state index contributed by atoms with van der Waals surface area (Å²) in [5.41, 5.74) is 1.05. The van der Waals surface area contributed by atoms with Gasteiger partial charge in [0.15, 0.2) is 0 Å². The predicted octanol–water partition coefficient (Wildman–Crippen LogP) is 1.81. The van der Waals surface area contributed by atoms with Gasteiger partial charge in [-0.05, 0) is 20.3 Å². The molecule has 0 saturated heterocycles. The normalized spacial score (nSPS) is 11.6. The molecular formula is C6H13NO. The molecule has 0 fully saturated rings. The van der Waals surface area contributed by atoms with E-state index >= 15 is 0 Å². The smallest absolute Gasteiger partial charge is 0.114 e. The van der Waals surface area contributed by atoms with Crippen LogP contribution in [-0.2, 0) is 4.84 Å². The van der Waals surface area contributed by atoms with E-state index in [0.717, 1.165) is 12.1 Å². The summed E-state index contributed by atoms with van der Waals surface area (Å²) in [5.74, 6) is 0. The summed E-state index contributed by atoms with van der Waals surface area (Å²) in [6.45, 7) is 6.59. The lowest BCUT2D eigenvalue weighted by atomic mass is 10.3. The Bertz CT molecular complexity index is 78.6. The molecule has 0 unspecified atom stereocenters. The average molecular weight is 115 g/mol. The molecule has 2 nitrogen and oxygen atoms in total. The first-order chi connectivity index (χ1) is 3.81. The van der Waals surface area contributed by atoms with Crippen molar-refractivity contribution in [3.8, 4) is 0 Å². The maximum Gasteiger partial charge on any atom is 0.114 e. The van der Waals surface area contributed by atoms with E-state index in [0.29, 0.717) is 6.61 Å². The van der Waals surface area contributed by atoms with Crippen molar-refractivity contribution in [2.24, 2.45) is 5.16 Å². The molecule has 0 aliphatic heterocycles. The molecule has 0 amide bonds. The minimum atomic E-state index is 0.664. The standard InChI is InChI=1S/C6H13NO/c1-4-6(3)7-8-5-2/h4-5H2,1-3H3/b7-6-. The number of oxime groups is 1. The van der Waals surface area contributed by atoms with Gasteiger partial charge in [0, 0.05) is 0 Å². The Morgan fingerprint density at radius 3 is 2.50 bits per heavy atom. The Hall–Kier alpha value is -0.530. The van der Waals surface area contributed by atoms with Crippen LogP contribution in [-0.4, -0.2) is 12.3 Å². The van der Waals surface area contributed by atoms with Gasteiger partial charge in [0.25, 0.3) is 0 Å². The molecule has 0 aliphatic rings. The maximum atomic E-state index is 4.77. The minimum absolute atomic E-state index is 0.664. The lowest BCUT2D eigenvalue weighted by Crippen LogP contribution is -1.89. The Balaban J connectivity index is 3.26. The van der Waals surface area contributed by atoms with Crippen LogP contribution >= 0.6 is 0 Å². The van der Waals surface area contributed by atoms with Gasteiger partial charge < -0.3 is 4.84 Å². The molecule has 0 aliphatic carbocycles. The first kappa shape index (κ1) is 7.47. The lowest BCUT2D eigenvalue weighted by molar-refractivity contribution is 0.158. The summed E-state index contributed by atoms with van der Waals surface area (Å²) in [6, 6.07) is 0. The van der Waals surface area contributed by atoms with Crippen LogP contribution in [0.25, 0.3) is 0 Å². The summed E-state index contributed by atoms with van der Waals surface area (Å²) in [4.78, 5) is 4.77.